The number of carbonyl (C=O) groups is 2. The molecule has 3 N–H and O–H groups in total. The first kappa shape index (κ1) is 22.1. The van der Waals surface area contributed by atoms with E-state index in [1.807, 2.05) is 14.1 Å². The van der Waals surface area contributed by atoms with Gasteiger partial charge < -0.3 is 20.9 Å². The van der Waals surface area contributed by atoms with Gasteiger partial charge in [-0.2, -0.15) is 0 Å². The maximum absolute atomic E-state index is 11.9. The highest BCUT2D eigenvalue weighted by Gasteiger charge is 2.15. The number of hydrogen-bond donors (Lipinski definition) is 3. The molecule has 3 amide bonds. The summed E-state index contributed by atoms with van der Waals surface area (Å²) in [6, 6.07) is 8.72. The number of nitrogens with one attached hydrogen (secondary N) is 3. The average molecular weight is 389 g/mol. The molecule has 0 aliphatic heterocycles. The molecule has 6 nitrogen and oxygen atoms in total. The second-order valence-corrected chi connectivity index (χ2v) is 7.85. The fourth-order valence-corrected chi connectivity index (χ4v) is 3.50. The summed E-state index contributed by atoms with van der Waals surface area (Å²) in [5.41, 5.74) is 2.48. The molecule has 0 heterocycles. The zero-order valence-electron chi connectivity index (χ0n) is 17.4. The van der Waals surface area contributed by atoms with Crippen molar-refractivity contribution in [1.82, 2.24) is 16.0 Å². The summed E-state index contributed by atoms with van der Waals surface area (Å²) < 4.78 is 0. The third-order valence-corrected chi connectivity index (χ3v) is 5.22. The van der Waals surface area contributed by atoms with E-state index in [1.165, 1.54) is 30.5 Å². The number of benzene rings is 1. The number of amides is 3. The maximum Gasteiger partial charge on any atom is 0.315 e. The molecule has 2 rings (SSSR count). The van der Waals surface area contributed by atoms with Gasteiger partial charge in [-0.25, -0.2) is 4.79 Å². The van der Waals surface area contributed by atoms with Crippen molar-refractivity contribution in [1.29, 1.82) is 0 Å². The normalized spacial score (nSPS) is 14.4. The Morgan fingerprint density at radius 3 is 2.32 bits per heavy atom. The van der Waals surface area contributed by atoms with E-state index in [0.29, 0.717) is 32.0 Å². The molecular formula is C22H36N4O2. The molecule has 1 fully saturated rings. The Balaban J connectivity index is 1.47. The molecule has 0 spiro atoms. The van der Waals surface area contributed by atoms with Crippen LogP contribution in [0.2, 0.25) is 0 Å². The first-order chi connectivity index (χ1) is 13.5. The lowest BCUT2D eigenvalue weighted by Crippen LogP contribution is -2.43. The van der Waals surface area contributed by atoms with E-state index < -0.39 is 0 Å². The Morgan fingerprint density at radius 2 is 1.64 bits per heavy atom. The van der Waals surface area contributed by atoms with Crippen LogP contribution in [0.1, 0.15) is 56.9 Å². The zero-order chi connectivity index (χ0) is 20.2. The summed E-state index contributed by atoms with van der Waals surface area (Å²) in [5.74, 6) is 0.0532. The Bertz CT molecular complexity index is 595. The third kappa shape index (κ3) is 8.63. The van der Waals surface area contributed by atoms with Crippen molar-refractivity contribution in [3.05, 3.63) is 29.8 Å². The van der Waals surface area contributed by atoms with Crippen LogP contribution in [-0.4, -0.2) is 45.2 Å². The standard InChI is InChI=1S/C22H36N4O2/c1-26(2)20-14-12-18(13-15-20)8-6-16-23-21(27)11-7-17-24-22(28)25-19-9-4-3-5-10-19/h12-15,19H,3-11,16-17H2,1-2H3,(H,23,27)(H2,24,25,28). The number of nitrogens with zero attached hydrogens (tertiary/aromatic N) is 1. The first-order valence-corrected chi connectivity index (χ1v) is 10.6. The lowest BCUT2D eigenvalue weighted by atomic mass is 9.96. The molecule has 1 saturated carbocycles. The summed E-state index contributed by atoms with van der Waals surface area (Å²) in [7, 11) is 4.06. The van der Waals surface area contributed by atoms with E-state index in [-0.39, 0.29) is 11.9 Å². The van der Waals surface area contributed by atoms with Gasteiger partial charge in [0.15, 0.2) is 0 Å². The molecule has 156 valence electrons. The first-order valence-electron chi connectivity index (χ1n) is 10.6. The van der Waals surface area contributed by atoms with Gasteiger partial charge in [0.25, 0.3) is 0 Å². The Kier molecular flexibility index (Phi) is 9.66. The van der Waals surface area contributed by atoms with Crippen molar-refractivity contribution < 1.29 is 9.59 Å². The molecule has 0 radical (unpaired) electrons. The van der Waals surface area contributed by atoms with Gasteiger partial charge in [-0.05, 0) is 49.8 Å². The van der Waals surface area contributed by atoms with Gasteiger partial charge in [-0.1, -0.05) is 31.4 Å². The Hall–Kier alpha value is -2.24. The molecule has 0 bridgehead atoms. The van der Waals surface area contributed by atoms with E-state index in [4.69, 9.17) is 0 Å². The fraction of sp³-hybridized carbons (Fsp3) is 0.636. The summed E-state index contributed by atoms with van der Waals surface area (Å²) in [4.78, 5) is 25.8. The summed E-state index contributed by atoms with van der Waals surface area (Å²) in [5, 5.41) is 8.83. The van der Waals surface area contributed by atoms with Gasteiger partial charge in [0, 0.05) is 45.3 Å². The van der Waals surface area contributed by atoms with Crippen LogP contribution in [0.4, 0.5) is 10.5 Å². The molecule has 0 unspecified atom stereocenters. The van der Waals surface area contributed by atoms with Gasteiger partial charge in [-0.15, -0.1) is 0 Å². The zero-order valence-corrected chi connectivity index (χ0v) is 17.4. The number of hydrogen-bond acceptors (Lipinski definition) is 3. The largest absolute Gasteiger partial charge is 0.378 e. The predicted octanol–water partition coefficient (Wildman–Crippen LogP) is 3.21. The molecule has 1 aromatic carbocycles. The van der Waals surface area contributed by atoms with Crippen LogP contribution < -0.4 is 20.9 Å². The minimum Gasteiger partial charge on any atom is -0.378 e. The third-order valence-electron chi connectivity index (χ3n) is 5.22. The summed E-state index contributed by atoms with van der Waals surface area (Å²) in [6.07, 6.45) is 8.82. The SMILES string of the molecule is CN(C)c1ccc(CCCNC(=O)CCCNC(=O)NC2CCCCC2)cc1. The number of urea groups is 1. The van der Waals surface area contributed by atoms with Crippen LogP contribution in [0, 0.1) is 0 Å². The molecule has 1 aliphatic carbocycles. The van der Waals surface area contributed by atoms with Crippen molar-refractivity contribution in [3.63, 3.8) is 0 Å². The molecule has 0 aromatic heterocycles. The second kappa shape index (κ2) is 12.3. The van der Waals surface area contributed by atoms with Gasteiger partial charge in [0.1, 0.15) is 0 Å². The second-order valence-electron chi connectivity index (χ2n) is 7.85. The van der Waals surface area contributed by atoms with Crippen LogP contribution in [0.5, 0.6) is 0 Å². The van der Waals surface area contributed by atoms with Crippen LogP contribution in [0.15, 0.2) is 24.3 Å². The molecule has 6 heteroatoms. The highest BCUT2D eigenvalue weighted by Crippen LogP contribution is 2.17. The van der Waals surface area contributed by atoms with Crippen LogP contribution in [-0.2, 0) is 11.2 Å². The van der Waals surface area contributed by atoms with Gasteiger partial charge in [0.05, 0.1) is 0 Å². The van der Waals surface area contributed by atoms with E-state index in [1.54, 1.807) is 0 Å². The van der Waals surface area contributed by atoms with Crippen molar-refractivity contribution in [2.75, 3.05) is 32.1 Å². The van der Waals surface area contributed by atoms with Crippen molar-refractivity contribution >= 4 is 17.6 Å². The molecule has 28 heavy (non-hydrogen) atoms. The van der Waals surface area contributed by atoms with E-state index >= 15 is 0 Å². The number of carbonyl (C=O) groups excluding carboxylic acids is 2. The van der Waals surface area contributed by atoms with Crippen molar-refractivity contribution in [2.45, 2.75) is 63.8 Å². The van der Waals surface area contributed by atoms with Crippen molar-refractivity contribution in [2.24, 2.45) is 0 Å². The van der Waals surface area contributed by atoms with Gasteiger partial charge >= 0.3 is 6.03 Å². The lowest BCUT2D eigenvalue weighted by Gasteiger charge is -2.22. The minimum atomic E-state index is -0.104. The summed E-state index contributed by atoms with van der Waals surface area (Å²) in [6.45, 7) is 1.22. The van der Waals surface area contributed by atoms with E-state index in [9.17, 15) is 9.59 Å². The average Bonchev–Trinajstić information content (AvgIpc) is 2.70. The van der Waals surface area contributed by atoms with Gasteiger partial charge in [-0.3, -0.25) is 4.79 Å². The monoisotopic (exact) mass is 388 g/mol. The highest BCUT2D eigenvalue weighted by atomic mass is 16.2. The number of anilines is 1. The maximum atomic E-state index is 11.9. The molecule has 0 atom stereocenters. The van der Waals surface area contributed by atoms with E-state index in [2.05, 4.69) is 45.1 Å². The molecule has 0 saturated heterocycles. The topological polar surface area (TPSA) is 73.5 Å². The Morgan fingerprint density at radius 1 is 0.964 bits per heavy atom. The summed E-state index contributed by atoms with van der Waals surface area (Å²) >= 11 is 0. The van der Waals surface area contributed by atoms with Gasteiger partial charge in [0.2, 0.25) is 5.91 Å². The lowest BCUT2D eigenvalue weighted by molar-refractivity contribution is -0.121. The number of rotatable bonds is 10. The van der Waals surface area contributed by atoms with E-state index in [0.717, 1.165) is 25.7 Å². The van der Waals surface area contributed by atoms with Crippen LogP contribution in [0.25, 0.3) is 0 Å². The molecule has 1 aromatic rings. The Labute approximate surface area is 169 Å². The fourth-order valence-electron chi connectivity index (χ4n) is 3.50. The number of aryl methyl sites for hydroxylation is 1. The van der Waals surface area contributed by atoms with Crippen molar-refractivity contribution in [3.8, 4) is 0 Å². The molecule has 1 aliphatic rings. The predicted molar refractivity (Wildman–Crippen MR) is 115 cm³/mol. The highest BCUT2D eigenvalue weighted by molar-refractivity contribution is 5.76. The quantitative estimate of drug-likeness (QED) is 0.539. The smallest absolute Gasteiger partial charge is 0.315 e. The molecular weight excluding hydrogens is 352 g/mol. The van der Waals surface area contributed by atoms with Crippen LogP contribution in [0.3, 0.4) is 0 Å². The van der Waals surface area contributed by atoms with Crippen LogP contribution >= 0.6 is 0 Å². The minimum absolute atomic E-state index is 0.0532.